The Morgan fingerprint density at radius 3 is 2.51 bits per heavy atom. The van der Waals surface area contributed by atoms with Crippen LogP contribution in [-0.4, -0.2) is 45.9 Å². The Morgan fingerprint density at radius 2 is 1.83 bits per heavy atom. The molecule has 4 atom stereocenters. The Morgan fingerprint density at radius 1 is 1.15 bits per heavy atom. The summed E-state index contributed by atoms with van der Waals surface area (Å²) in [5, 5.41) is 6.41. The van der Waals surface area contributed by atoms with Crippen LogP contribution in [0, 0.1) is 43.2 Å². The highest BCUT2D eigenvalue weighted by Gasteiger charge is 2.77. The van der Waals surface area contributed by atoms with Gasteiger partial charge in [0.15, 0.2) is 5.71 Å². The van der Waals surface area contributed by atoms with Crippen LogP contribution in [0.25, 0.3) is 10.9 Å². The molecule has 2 heterocycles. The fourth-order valence-corrected chi connectivity index (χ4v) is 6.01. The van der Waals surface area contributed by atoms with Gasteiger partial charge < -0.3 is 9.73 Å². The number of carbonyl (C=O) groups excluding carboxylic acids is 1. The second-order valence-corrected chi connectivity index (χ2v) is 10.7. The monoisotopic (exact) mass is 577 g/mol. The molecule has 0 bridgehead atoms. The van der Waals surface area contributed by atoms with E-state index in [1.54, 1.807) is 26.0 Å². The van der Waals surface area contributed by atoms with E-state index in [-0.39, 0.29) is 35.2 Å². The molecule has 1 N–H and O–H groups in total. The first kappa shape index (κ1) is 27.2. The average Bonchev–Trinajstić information content (AvgIpc) is 3.54. The summed E-state index contributed by atoms with van der Waals surface area (Å²) in [7, 11) is 0. The third-order valence-electron chi connectivity index (χ3n) is 7.93. The smallest absolute Gasteiger partial charge is 0.347 e. The third-order valence-corrected chi connectivity index (χ3v) is 7.93. The minimum absolute atomic E-state index is 0.0781. The summed E-state index contributed by atoms with van der Waals surface area (Å²) >= 11 is 0. The molecule has 6 rings (SSSR count). The first-order valence-corrected chi connectivity index (χ1v) is 12.9. The molecule has 1 aromatic heterocycles. The number of nitrogens with one attached hydrogen (secondary N) is 1. The number of hydrogen-bond acceptors (Lipinski definition) is 5. The number of fused-ring (bicyclic) bond motifs is 4. The fraction of sp³-hybridized carbons (Fsp3) is 0.393. The number of rotatable bonds is 7. The Bertz CT molecular complexity index is 1710. The topological polar surface area (TPSA) is 87.6 Å². The molecule has 2 fully saturated rings. The van der Waals surface area contributed by atoms with Crippen molar-refractivity contribution in [2.45, 2.75) is 45.1 Å². The molecule has 1 unspecified atom stereocenters. The van der Waals surface area contributed by atoms with Crippen LogP contribution in [-0.2, 0) is 11.2 Å². The van der Waals surface area contributed by atoms with Crippen molar-refractivity contribution in [3.63, 3.8) is 0 Å². The van der Waals surface area contributed by atoms with E-state index in [9.17, 15) is 35.9 Å². The Balaban J connectivity index is 1.36. The van der Waals surface area contributed by atoms with Crippen LogP contribution in [0.4, 0.5) is 26.3 Å². The molecule has 13 heteroatoms. The van der Waals surface area contributed by atoms with Crippen molar-refractivity contribution in [2.24, 2.45) is 22.9 Å². The van der Waals surface area contributed by atoms with Gasteiger partial charge in [-0.05, 0) is 60.1 Å². The zero-order chi connectivity index (χ0) is 29.4. The van der Waals surface area contributed by atoms with Crippen molar-refractivity contribution in [1.82, 2.24) is 10.3 Å². The Labute approximate surface area is 228 Å². The number of halogens is 6. The molecule has 1 amide bonds. The van der Waals surface area contributed by atoms with Gasteiger partial charge in [0.05, 0.1) is 10.9 Å². The molecule has 41 heavy (non-hydrogen) atoms. The first-order valence-electron chi connectivity index (χ1n) is 12.9. The average molecular weight is 578 g/mol. The van der Waals surface area contributed by atoms with E-state index >= 15 is 0 Å². The lowest BCUT2D eigenvalue weighted by atomic mass is 9.95. The summed E-state index contributed by atoms with van der Waals surface area (Å²) in [5.74, 6) is -9.35. The molecular formula is C28H23F6N4O3+. The van der Waals surface area contributed by atoms with Crippen molar-refractivity contribution < 1.29 is 40.2 Å². The van der Waals surface area contributed by atoms with Crippen LogP contribution in [0.2, 0.25) is 0 Å². The van der Waals surface area contributed by atoms with Crippen LogP contribution in [0.3, 0.4) is 0 Å². The van der Waals surface area contributed by atoms with Gasteiger partial charge in [0.25, 0.3) is 24.6 Å². The second kappa shape index (κ2) is 9.52. The summed E-state index contributed by atoms with van der Waals surface area (Å²) in [6.45, 7) is 2.56. The molecule has 2 aliphatic carbocycles. The minimum atomic E-state index is -3.39. The lowest BCUT2D eigenvalue weighted by Gasteiger charge is -2.17. The van der Waals surface area contributed by atoms with Crippen LogP contribution >= 0.6 is 0 Å². The number of aromatic nitrogens is 1. The van der Waals surface area contributed by atoms with Gasteiger partial charge >= 0.3 is 11.5 Å². The highest BCUT2D eigenvalue weighted by Crippen LogP contribution is 2.63. The molecule has 214 valence electrons. The standard InChI is InChI=1S/C28H22F6N4O3/c1-11-3-4-12(2)22-20(11)27(40)41-26(36-22)18(7-13-5-14(29)8-15(30)6-13)35-19(39)10-38-24-21(23(37-38)25(31)32)16-9-17(16)28(24,33)34/h3-6,8,16-18,21,25H,7,9-10H2,1-2H3/p+1/t16-,17+,18-,21?/m0/s1. The van der Waals surface area contributed by atoms with Gasteiger partial charge in [-0.15, -0.1) is 0 Å². The summed E-state index contributed by atoms with van der Waals surface area (Å²) in [6.07, 6.45) is -3.26. The number of carbonyl (C=O) groups is 1. The van der Waals surface area contributed by atoms with Crippen LogP contribution in [0.1, 0.15) is 35.0 Å². The molecule has 3 aromatic rings. The first-order chi connectivity index (χ1) is 19.3. The molecule has 7 nitrogen and oxygen atoms in total. The van der Waals surface area contributed by atoms with Gasteiger partial charge in [-0.2, -0.15) is 8.78 Å². The summed E-state index contributed by atoms with van der Waals surface area (Å²) < 4.78 is 91.2. The quantitative estimate of drug-likeness (QED) is 0.332. The van der Waals surface area contributed by atoms with E-state index in [0.717, 1.165) is 12.1 Å². The van der Waals surface area contributed by atoms with E-state index in [4.69, 9.17) is 4.42 Å². The van der Waals surface area contributed by atoms with E-state index in [2.05, 4.69) is 15.4 Å². The molecule has 0 spiro atoms. The van der Waals surface area contributed by atoms with Crippen molar-refractivity contribution in [1.29, 1.82) is 0 Å². The van der Waals surface area contributed by atoms with Crippen LogP contribution < -0.4 is 10.9 Å². The minimum Gasteiger partial charge on any atom is -0.406 e. The van der Waals surface area contributed by atoms with Crippen molar-refractivity contribution in [3.8, 4) is 0 Å². The van der Waals surface area contributed by atoms with E-state index in [1.165, 1.54) is 0 Å². The van der Waals surface area contributed by atoms with Crippen molar-refractivity contribution >= 4 is 28.2 Å². The maximum atomic E-state index is 15.0. The summed E-state index contributed by atoms with van der Waals surface area (Å²) in [4.78, 5) is 30.5. The summed E-state index contributed by atoms with van der Waals surface area (Å²) in [5.41, 5.74) is -0.507. The fourth-order valence-electron chi connectivity index (χ4n) is 6.01. The highest BCUT2D eigenvalue weighted by molar-refractivity contribution is 6.14. The number of alkyl halides is 4. The van der Waals surface area contributed by atoms with Gasteiger partial charge in [0.1, 0.15) is 23.6 Å². The normalized spacial score (nSPS) is 23.0. The maximum Gasteiger partial charge on any atom is 0.347 e. The zero-order valence-electron chi connectivity index (χ0n) is 21.7. The van der Waals surface area contributed by atoms with Crippen LogP contribution in [0.5, 0.6) is 0 Å². The molecule has 1 aliphatic heterocycles. The third kappa shape index (κ3) is 4.60. The predicted molar refractivity (Wildman–Crippen MR) is 134 cm³/mol. The highest BCUT2D eigenvalue weighted by atomic mass is 19.3. The predicted octanol–water partition coefficient (Wildman–Crippen LogP) is 4.47. The lowest BCUT2D eigenvalue weighted by molar-refractivity contribution is -0.524. The molecule has 0 radical (unpaired) electrons. The SMILES string of the molecule is Cc1ccc(C)c2c(=O)oc([C@H](Cc3cc(F)cc(F)c3)NC(=O)C[N+]3=C4C(C(C(F)F)=N3)[C@H]3C[C@H]3C4(F)F)nc12. The van der Waals surface area contributed by atoms with Gasteiger partial charge in [-0.1, -0.05) is 16.8 Å². The van der Waals surface area contributed by atoms with Crippen molar-refractivity contribution in [2.75, 3.05) is 6.54 Å². The number of amides is 1. The van der Waals surface area contributed by atoms with E-state index in [0.29, 0.717) is 21.9 Å². The number of hydrogen-bond donors (Lipinski definition) is 1. The molecule has 2 aromatic carbocycles. The molecule has 3 aliphatic rings. The molecule has 0 saturated heterocycles. The molecular weight excluding hydrogens is 554 g/mol. The van der Waals surface area contributed by atoms with Crippen molar-refractivity contribution in [3.05, 3.63) is 75.0 Å². The van der Waals surface area contributed by atoms with Gasteiger partial charge in [-0.3, -0.25) is 4.79 Å². The second-order valence-electron chi connectivity index (χ2n) is 10.7. The van der Waals surface area contributed by atoms with Gasteiger partial charge in [-0.25, -0.2) is 27.3 Å². The largest absolute Gasteiger partial charge is 0.406 e. The number of hydrazone groups is 1. The Kier molecular flexibility index (Phi) is 6.31. The number of nitrogens with zero attached hydrogens (tertiary/aromatic N) is 3. The summed E-state index contributed by atoms with van der Waals surface area (Å²) in [6, 6.07) is 4.85. The lowest BCUT2D eigenvalue weighted by Crippen LogP contribution is -2.41. The zero-order valence-corrected chi connectivity index (χ0v) is 21.7. The van der Waals surface area contributed by atoms with Gasteiger partial charge in [0.2, 0.25) is 5.89 Å². The molecule has 2 saturated carbocycles. The Hall–Kier alpha value is -4.03. The number of benzene rings is 2. The maximum absolute atomic E-state index is 15.0. The van der Waals surface area contributed by atoms with Gasteiger partial charge in [0, 0.05) is 18.4 Å². The van der Waals surface area contributed by atoms with Crippen LogP contribution in [0.15, 0.2) is 44.6 Å². The van der Waals surface area contributed by atoms with E-state index in [1.807, 2.05) is 0 Å². The number of aryl methyl sites for hydroxylation is 2. The van der Waals surface area contributed by atoms with E-state index < -0.39 is 77.3 Å².